The van der Waals surface area contributed by atoms with Crippen LogP contribution in [0.1, 0.15) is 18.1 Å². The van der Waals surface area contributed by atoms with Crippen molar-refractivity contribution in [2.45, 2.75) is 24.9 Å². The molecule has 1 heterocycles. The summed E-state index contributed by atoms with van der Waals surface area (Å²) in [5.74, 6) is -4.01. The maximum absolute atomic E-state index is 13.1. The molecule has 3 nitrogen and oxygen atoms in total. The molecular weight excluding hydrogens is 268 g/mol. The summed E-state index contributed by atoms with van der Waals surface area (Å²) in [7, 11) is 0. The standard InChI is InChI=1S/C12H12F4O3/c13-11(14)12(15,16)10(17)7-2-3-8-9(6-7)19-5-1-4-18-8/h2-3,6,10-11,17H,1,4-5H2. The van der Waals surface area contributed by atoms with Crippen molar-refractivity contribution in [2.24, 2.45) is 0 Å². The molecule has 1 atom stereocenters. The van der Waals surface area contributed by atoms with E-state index in [-0.39, 0.29) is 11.3 Å². The van der Waals surface area contributed by atoms with Crippen LogP contribution < -0.4 is 9.47 Å². The van der Waals surface area contributed by atoms with Crippen LogP contribution >= 0.6 is 0 Å². The Morgan fingerprint density at radius 2 is 1.74 bits per heavy atom. The predicted molar refractivity (Wildman–Crippen MR) is 58.0 cm³/mol. The number of ether oxygens (including phenoxy) is 2. The van der Waals surface area contributed by atoms with Gasteiger partial charge in [-0.25, -0.2) is 8.78 Å². The first-order chi connectivity index (χ1) is 8.93. The van der Waals surface area contributed by atoms with Crippen LogP contribution in [0.3, 0.4) is 0 Å². The van der Waals surface area contributed by atoms with E-state index >= 15 is 0 Å². The molecular formula is C12H12F4O3. The van der Waals surface area contributed by atoms with Gasteiger partial charge in [0.15, 0.2) is 11.5 Å². The number of benzene rings is 1. The molecule has 0 fully saturated rings. The Morgan fingerprint density at radius 1 is 1.11 bits per heavy atom. The smallest absolute Gasteiger partial charge is 0.336 e. The van der Waals surface area contributed by atoms with Crippen molar-refractivity contribution in [1.82, 2.24) is 0 Å². The molecule has 1 N–H and O–H groups in total. The first-order valence-electron chi connectivity index (χ1n) is 5.66. The highest BCUT2D eigenvalue weighted by molar-refractivity contribution is 5.44. The molecule has 0 radical (unpaired) electrons. The van der Waals surface area contributed by atoms with Crippen molar-refractivity contribution in [1.29, 1.82) is 0 Å². The Balaban J connectivity index is 2.29. The molecule has 1 aromatic rings. The SMILES string of the molecule is OC(c1ccc2c(c1)OCCCO2)C(F)(F)C(F)F. The fourth-order valence-corrected chi connectivity index (χ4v) is 1.69. The van der Waals surface area contributed by atoms with Gasteiger partial charge in [-0.3, -0.25) is 0 Å². The van der Waals surface area contributed by atoms with Gasteiger partial charge < -0.3 is 14.6 Å². The van der Waals surface area contributed by atoms with Gasteiger partial charge >= 0.3 is 12.3 Å². The molecule has 1 unspecified atom stereocenters. The van der Waals surface area contributed by atoms with E-state index in [1.54, 1.807) is 0 Å². The summed E-state index contributed by atoms with van der Waals surface area (Å²) < 4.78 is 61.0. The van der Waals surface area contributed by atoms with E-state index in [0.29, 0.717) is 25.4 Å². The minimum absolute atomic E-state index is 0.166. The van der Waals surface area contributed by atoms with Crippen LogP contribution in [0.5, 0.6) is 11.5 Å². The van der Waals surface area contributed by atoms with Crippen LogP contribution in [0, 0.1) is 0 Å². The molecule has 0 saturated carbocycles. The molecule has 1 aromatic carbocycles. The van der Waals surface area contributed by atoms with Gasteiger partial charge in [-0.1, -0.05) is 6.07 Å². The van der Waals surface area contributed by atoms with Gasteiger partial charge in [0.05, 0.1) is 13.2 Å². The van der Waals surface area contributed by atoms with Gasteiger partial charge in [0.2, 0.25) is 0 Å². The number of fused-ring (bicyclic) bond motifs is 1. The molecule has 106 valence electrons. The molecule has 0 bridgehead atoms. The second-order valence-corrected chi connectivity index (χ2v) is 4.13. The van der Waals surface area contributed by atoms with Gasteiger partial charge in [-0.15, -0.1) is 0 Å². The van der Waals surface area contributed by atoms with Crippen molar-refractivity contribution in [2.75, 3.05) is 13.2 Å². The number of halogens is 4. The van der Waals surface area contributed by atoms with Crippen LogP contribution in [0.25, 0.3) is 0 Å². The largest absolute Gasteiger partial charge is 0.490 e. The third kappa shape index (κ3) is 2.75. The van der Waals surface area contributed by atoms with E-state index in [4.69, 9.17) is 9.47 Å². The van der Waals surface area contributed by atoms with Crippen molar-refractivity contribution < 1.29 is 32.1 Å². The number of aliphatic hydroxyl groups is 1. The van der Waals surface area contributed by atoms with Gasteiger partial charge in [-0.2, -0.15) is 8.78 Å². The third-order valence-corrected chi connectivity index (χ3v) is 2.74. The average molecular weight is 280 g/mol. The van der Waals surface area contributed by atoms with Crippen molar-refractivity contribution >= 4 is 0 Å². The van der Waals surface area contributed by atoms with Crippen LogP contribution in [0.2, 0.25) is 0 Å². The zero-order chi connectivity index (χ0) is 14.0. The second kappa shape index (κ2) is 5.24. The molecule has 19 heavy (non-hydrogen) atoms. The molecule has 0 amide bonds. The van der Waals surface area contributed by atoms with Crippen molar-refractivity contribution in [3.8, 4) is 11.5 Å². The van der Waals surface area contributed by atoms with Gasteiger partial charge in [0, 0.05) is 6.42 Å². The minimum atomic E-state index is -4.51. The summed E-state index contributed by atoms with van der Waals surface area (Å²) in [6.45, 7) is 0.750. The Bertz CT molecular complexity index is 451. The Labute approximate surface area is 106 Å². The summed E-state index contributed by atoms with van der Waals surface area (Å²) in [6, 6.07) is 3.54. The molecule has 0 aromatic heterocycles. The maximum Gasteiger partial charge on any atom is 0.336 e. The fourth-order valence-electron chi connectivity index (χ4n) is 1.69. The average Bonchev–Trinajstić information content (AvgIpc) is 2.61. The normalized spacial score (nSPS) is 17.2. The molecule has 2 rings (SSSR count). The summed E-state index contributed by atoms with van der Waals surface area (Å²) >= 11 is 0. The van der Waals surface area contributed by atoms with Gasteiger partial charge in [-0.05, 0) is 17.7 Å². The van der Waals surface area contributed by atoms with E-state index in [1.807, 2.05) is 0 Å². The number of alkyl halides is 4. The lowest BCUT2D eigenvalue weighted by atomic mass is 10.0. The zero-order valence-electron chi connectivity index (χ0n) is 9.78. The van der Waals surface area contributed by atoms with E-state index in [2.05, 4.69) is 0 Å². The first kappa shape index (κ1) is 13.9. The van der Waals surface area contributed by atoms with Crippen molar-refractivity contribution in [3.63, 3.8) is 0 Å². The lowest BCUT2D eigenvalue weighted by Crippen LogP contribution is -2.34. The lowest BCUT2D eigenvalue weighted by Gasteiger charge is -2.22. The van der Waals surface area contributed by atoms with E-state index in [1.165, 1.54) is 6.07 Å². The number of aliphatic hydroxyl groups excluding tert-OH is 1. The highest BCUT2D eigenvalue weighted by Gasteiger charge is 2.49. The van der Waals surface area contributed by atoms with Crippen LogP contribution in [-0.4, -0.2) is 30.7 Å². The Kier molecular flexibility index (Phi) is 3.84. The quantitative estimate of drug-likeness (QED) is 0.865. The molecule has 0 saturated heterocycles. The molecule has 1 aliphatic rings. The maximum atomic E-state index is 13.1. The van der Waals surface area contributed by atoms with E-state index in [0.717, 1.165) is 12.1 Å². The van der Waals surface area contributed by atoms with Crippen LogP contribution in [0.4, 0.5) is 17.6 Å². The van der Waals surface area contributed by atoms with Crippen LogP contribution in [-0.2, 0) is 0 Å². The monoisotopic (exact) mass is 280 g/mol. The predicted octanol–water partition coefficient (Wildman–Crippen LogP) is 2.78. The highest BCUT2D eigenvalue weighted by Crippen LogP contribution is 2.39. The zero-order valence-corrected chi connectivity index (χ0v) is 9.78. The number of rotatable bonds is 3. The second-order valence-electron chi connectivity index (χ2n) is 4.13. The number of hydrogen-bond acceptors (Lipinski definition) is 3. The Morgan fingerprint density at radius 3 is 2.37 bits per heavy atom. The van der Waals surface area contributed by atoms with Gasteiger partial charge in [0.1, 0.15) is 6.10 Å². The van der Waals surface area contributed by atoms with Crippen molar-refractivity contribution in [3.05, 3.63) is 23.8 Å². The fraction of sp³-hybridized carbons (Fsp3) is 0.500. The van der Waals surface area contributed by atoms with Crippen LogP contribution in [0.15, 0.2) is 18.2 Å². The molecule has 0 aliphatic carbocycles. The summed E-state index contributed by atoms with van der Waals surface area (Å²) in [6.07, 6.45) is -5.91. The minimum Gasteiger partial charge on any atom is -0.490 e. The number of hydrogen-bond donors (Lipinski definition) is 1. The van der Waals surface area contributed by atoms with Gasteiger partial charge in [0.25, 0.3) is 0 Å². The molecule has 7 heteroatoms. The Hall–Kier alpha value is -1.50. The lowest BCUT2D eigenvalue weighted by molar-refractivity contribution is -0.193. The molecule has 0 spiro atoms. The molecule has 1 aliphatic heterocycles. The summed E-state index contributed by atoms with van der Waals surface area (Å²) in [5, 5.41) is 9.36. The highest BCUT2D eigenvalue weighted by atomic mass is 19.3. The summed E-state index contributed by atoms with van der Waals surface area (Å²) in [4.78, 5) is 0. The van der Waals surface area contributed by atoms with E-state index in [9.17, 15) is 22.7 Å². The first-order valence-corrected chi connectivity index (χ1v) is 5.66. The van der Waals surface area contributed by atoms with E-state index < -0.39 is 18.5 Å². The topological polar surface area (TPSA) is 38.7 Å². The third-order valence-electron chi connectivity index (χ3n) is 2.74. The summed E-state index contributed by atoms with van der Waals surface area (Å²) in [5.41, 5.74) is -0.338.